The van der Waals surface area contributed by atoms with Crippen LogP contribution in [-0.4, -0.2) is 17.4 Å². The zero-order valence-electron chi connectivity index (χ0n) is 8.93. The van der Waals surface area contributed by atoms with Crippen molar-refractivity contribution < 1.29 is 5.11 Å². The van der Waals surface area contributed by atoms with Crippen molar-refractivity contribution in [2.24, 2.45) is 22.3 Å². The van der Waals surface area contributed by atoms with Gasteiger partial charge in [0.25, 0.3) is 0 Å². The van der Waals surface area contributed by atoms with Gasteiger partial charge in [-0.3, -0.25) is 0 Å². The first-order valence-electron chi connectivity index (χ1n) is 4.98. The van der Waals surface area contributed by atoms with Crippen LogP contribution in [0.2, 0.25) is 0 Å². The minimum absolute atomic E-state index is 0.0469. The van der Waals surface area contributed by atoms with E-state index in [1.807, 2.05) is 13.8 Å². The summed E-state index contributed by atoms with van der Waals surface area (Å²) in [6, 6.07) is 0. The monoisotopic (exact) mass is 186 g/mol. The minimum Gasteiger partial charge on any atom is -0.376 e. The molecule has 5 N–H and O–H groups in total. The second kappa shape index (κ2) is 2.94. The molecule has 0 amide bonds. The third-order valence-electron chi connectivity index (χ3n) is 4.33. The van der Waals surface area contributed by atoms with Gasteiger partial charge in [-0.15, -0.1) is 0 Å². The quantitative estimate of drug-likeness (QED) is 0.531. The van der Waals surface area contributed by atoms with Crippen molar-refractivity contribution in [3.8, 4) is 0 Å². The van der Waals surface area contributed by atoms with Crippen molar-refractivity contribution in [2.75, 3.05) is 6.54 Å². The van der Waals surface area contributed by atoms with Gasteiger partial charge in [0.1, 0.15) is 5.72 Å². The summed E-state index contributed by atoms with van der Waals surface area (Å²) in [6.07, 6.45) is 2.69. The molecule has 3 nitrogen and oxygen atoms in total. The highest BCUT2D eigenvalue weighted by atomic mass is 16.3. The van der Waals surface area contributed by atoms with E-state index in [2.05, 4.69) is 6.92 Å². The van der Waals surface area contributed by atoms with Crippen molar-refractivity contribution in [3.63, 3.8) is 0 Å². The second-order valence-corrected chi connectivity index (χ2v) is 5.17. The summed E-state index contributed by atoms with van der Waals surface area (Å²) in [7, 11) is 0. The fraction of sp³-hybridized carbons (Fsp3) is 1.00. The zero-order chi connectivity index (χ0) is 10.3. The van der Waals surface area contributed by atoms with E-state index >= 15 is 0 Å². The summed E-state index contributed by atoms with van der Waals surface area (Å²) in [5.41, 5.74) is 10.2. The lowest BCUT2D eigenvalue weighted by molar-refractivity contribution is -0.157. The molecule has 0 aliphatic heterocycles. The van der Waals surface area contributed by atoms with Gasteiger partial charge in [-0.1, -0.05) is 20.8 Å². The Labute approximate surface area is 80.5 Å². The molecule has 0 aromatic rings. The maximum atomic E-state index is 10.1. The van der Waals surface area contributed by atoms with Crippen LogP contribution in [0.3, 0.4) is 0 Å². The molecule has 0 saturated heterocycles. The summed E-state index contributed by atoms with van der Waals surface area (Å²) in [5.74, 6) is 0. The highest BCUT2D eigenvalue weighted by Crippen LogP contribution is 2.52. The summed E-state index contributed by atoms with van der Waals surface area (Å²) in [6.45, 7) is 6.72. The van der Waals surface area contributed by atoms with E-state index in [1.165, 1.54) is 0 Å². The average molecular weight is 186 g/mol. The molecular formula is C10H22N2O. The normalized spacial score (nSPS) is 44.8. The van der Waals surface area contributed by atoms with E-state index in [0.717, 1.165) is 12.8 Å². The predicted molar refractivity (Wildman–Crippen MR) is 53.9 cm³/mol. The summed E-state index contributed by atoms with van der Waals surface area (Å²) >= 11 is 0. The van der Waals surface area contributed by atoms with E-state index in [-0.39, 0.29) is 10.8 Å². The molecule has 2 atom stereocenters. The molecule has 13 heavy (non-hydrogen) atoms. The van der Waals surface area contributed by atoms with Crippen molar-refractivity contribution >= 4 is 0 Å². The fourth-order valence-corrected chi connectivity index (χ4v) is 2.25. The van der Waals surface area contributed by atoms with Crippen LogP contribution in [0.4, 0.5) is 0 Å². The summed E-state index contributed by atoms with van der Waals surface area (Å²) in [4.78, 5) is 0. The number of hydrogen-bond acceptors (Lipinski definition) is 3. The van der Waals surface area contributed by atoms with E-state index < -0.39 is 5.72 Å². The summed E-state index contributed by atoms with van der Waals surface area (Å²) in [5, 5.41) is 10.1. The topological polar surface area (TPSA) is 72.3 Å². The highest BCUT2D eigenvalue weighted by molar-refractivity contribution is 5.03. The first-order chi connectivity index (χ1) is 5.77. The van der Waals surface area contributed by atoms with Crippen LogP contribution >= 0.6 is 0 Å². The van der Waals surface area contributed by atoms with Gasteiger partial charge < -0.3 is 16.6 Å². The Kier molecular flexibility index (Phi) is 2.48. The van der Waals surface area contributed by atoms with Gasteiger partial charge in [0, 0.05) is 5.41 Å². The molecule has 1 saturated carbocycles. The minimum atomic E-state index is -1.07. The van der Waals surface area contributed by atoms with Crippen LogP contribution in [0.15, 0.2) is 0 Å². The average Bonchev–Trinajstić information content (AvgIpc) is 2.01. The van der Waals surface area contributed by atoms with Crippen molar-refractivity contribution in [3.05, 3.63) is 0 Å². The Balaban J connectivity index is 3.01. The van der Waals surface area contributed by atoms with Crippen LogP contribution in [0.5, 0.6) is 0 Å². The summed E-state index contributed by atoms with van der Waals surface area (Å²) < 4.78 is 0. The molecule has 0 aromatic heterocycles. The molecule has 1 aliphatic carbocycles. The molecule has 1 rings (SSSR count). The molecule has 0 aromatic carbocycles. The second-order valence-electron chi connectivity index (χ2n) is 5.17. The fourth-order valence-electron chi connectivity index (χ4n) is 2.25. The maximum absolute atomic E-state index is 10.1. The molecule has 3 heteroatoms. The third kappa shape index (κ3) is 1.39. The van der Waals surface area contributed by atoms with Crippen molar-refractivity contribution in [2.45, 2.75) is 45.8 Å². The molecule has 2 unspecified atom stereocenters. The van der Waals surface area contributed by atoms with E-state index in [1.54, 1.807) is 0 Å². The van der Waals surface area contributed by atoms with Crippen LogP contribution in [0.1, 0.15) is 40.0 Å². The predicted octanol–water partition coefficient (Wildman–Crippen LogP) is 0.809. The number of hydrogen-bond donors (Lipinski definition) is 3. The van der Waals surface area contributed by atoms with Crippen LogP contribution in [0, 0.1) is 10.8 Å². The highest BCUT2D eigenvalue weighted by Gasteiger charge is 2.54. The van der Waals surface area contributed by atoms with Gasteiger partial charge in [0.2, 0.25) is 0 Å². The molecular weight excluding hydrogens is 164 g/mol. The maximum Gasteiger partial charge on any atom is 0.119 e. The Morgan fingerprint density at radius 2 is 1.77 bits per heavy atom. The van der Waals surface area contributed by atoms with Gasteiger partial charge in [-0.05, 0) is 31.2 Å². The number of nitrogens with two attached hydrogens (primary N) is 2. The Bertz CT molecular complexity index is 201. The van der Waals surface area contributed by atoms with Gasteiger partial charge in [-0.2, -0.15) is 0 Å². The lowest BCUT2D eigenvalue weighted by Crippen LogP contribution is -2.63. The Morgan fingerprint density at radius 3 is 2.15 bits per heavy atom. The van der Waals surface area contributed by atoms with Crippen LogP contribution in [0.25, 0.3) is 0 Å². The molecule has 78 valence electrons. The first kappa shape index (κ1) is 11.0. The lowest BCUT2D eigenvalue weighted by atomic mass is 9.55. The molecule has 0 spiro atoms. The molecule has 0 heterocycles. The Hall–Kier alpha value is -0.120. The number of aliphatic hydroxyl groups is 1. The standard InChI is InChI=1S/C10H22N2O/c1-8(2)9(3,7-11)5-4-6-10(8,12)13/h13H,4-7,11-12H2,1-3H3. The van der Waals surface area contributed by atoms with Crippen LogP contribution in [-0.2, 0) is 0 Å². The van der Waals surface area contributed by atoms with Crippen molar-refractivity contribution in [1.82, 2.24) is 0 Å². The smallest absolute Gasteiger partial charge is 0.119 e. The van der Waals surface area contributed by atoms with E-state index in [4.69, 9.17) is 11.5 Å². The third-order valence-corrected chi connectivity index (χ3v) is 4.33. The molecule has 1 aliphatic rings. The largest absolute Gasteiger partial charge is 0.376 e. The van der Waals surface area contributed by atoms with E-state index in [9.17, 15) is 5.11 Å². The van der Waals surface area contributed by atoms with Gasteiger partial charge in [-0.25, -0.2) is 0 Å². The lowest BCUT2D eigenvalue weighted by Gasteiger charge is -2.55. The first-order valence-corrected chi connectivity index (χ1v) is 4.98. The van der Waals surface area contributed by atoms with E-state index in [0.29, 0.717) is 13.0 Å². The molecule has 0 bridgehead atoms. The number of rotatable bonds is 1. The SMILES string of the molecule is CC1(CN)CCCC(N)(O)C1(C)C. The van der Waals surface area contributed by atoms with Crippen LogP contribution < -0.4 is 11.5 Å². The molecule has 0 radical (unpaired) electrons. The zero-order valence-corrected chi connectivity index (χ0v) is 8.93. The van der Waals surface area contributed by atoms with Gasteiger partial charge in [0.05, 0.1) is 0 Å². The molecule has 1 fully saturated rings. The van der Waals surface area contributed by atoms with Gasteiger partial charge in [0.15, 0.2) is 0 Å². The Morgan fingerprint density at radius 1 is 1.23 bits per heavy atom. The van der Waals surface area contributed by atoms with Gasteiger partial charge >= 0.3 is 0 Å². The van der Waals surface area contributed by atoms with Crippen molar-refractivity contribution in [1.29, 1.82) is 0 Å².